The molecule has 102 valence electrons. The number of hydrogen-bond acceptors (Lipinski definition) is 3. The summed E-state index contributed by atoms with van der Waals surface area (Å²) in [7, 11) is 0. The Morgan fingerprint density at radius 1 is 1.16 bits per heavy atom. The molecule has 3 nitrogen and oxygen atoms in total. The Hall–Kier alpha value is -1.46. The minimum atomic E-state index is -0.593. The van der Waals surface area contributed by atoms with Gasteiger partial charge < -0.3 is 10.2 Å². The van der Waals surface area contributed by atoms with Crippen LogP contribution in [0.5, 0.6) is 0 Å². The number of fused-ring (bicyclic) bond motifs is 1. The van der Waals surface area contributed by atoms with Gasteiger partial charge in [0.2, 0.25) is 0 Å². The molecule has 1 aliphatic rings. The van der Waals surface area contributed by atoms with Gasteiger partial charge >= 0.3 is 0 Å². The van der Waals surface area contributed by atoms with Crippen LogP contribution >= 0.6 is 12.4 Å². The van der Waals surface area contributed by atoms with Gasteiger partial charge in [0.15, 0.2) is 0 Å². The molecular weight excluding hydrogens is 272 g/mol. The van der Waals surface area contributed by atoms with Crippen molar-refractivity contribution in [3.8, 4) is 0 Å². The van der Waals surface area contributed by atoms with Gasteiger partial charge in [-0.05, 0) is 6.07 Å². The first-order valence-electron chi connectivity index (χ1n) is 5.95. The van der Waals surface area contributed by atoms with E-state index in [-0.39, 0.29) is 12.4 Å². The maximum absolute atomic E-state index is 13.9. The number of benzene rings is 1. The van der Waals surface area contributed by atoms with Crippen molar-refractivity contribution in [2.24, 2.45) is 0 Å². The Kier molecular flexibility index (Phi) is 4.17. The number of pyridine rings is 1. The molecule has 1 saturated heterocycles. The molecule has 0 bridgehead atoms. The fourth-order valence-corrected chi connectivity index (χ4v) is 2.36. The highest BCUT2D eigenvalue weighted by atomic mass is 35.5. The smallest absolute Gasteiger partial charge is 0.137 e. The number of nitrogens with zero attached hydrogens (tertiary/aromatic N) is 2. The SMILES string of the molecule is Cl.Fc1cc(F)c2c(N3CCNCC3)ccnc2c1. The molecule has 6 heteroatoms. The van der Waals surface area contributed by atoms with Crippen molar-refractivity contribution in [1.82, 2.24) is 10.3 Å². The number of hydrogen-bond donors (Lipinski definition) is 1. The van der Waals surface area contributed by atoms with Crippen LogP contribution in [0.2, 0.25) is 0 Å². The van der Waals surface area contributed by atoms with E-state index < -0.39 is 11.6 Å². The summed E-state index contributed by atoms with van der Waals surface area (Å²) in [5.74, 6) is -1.14. The van der Waals surface area contributed by atoms with Crippen LogP contribution in [0.3, 0.4) is 0 Å². The molecule has 1 N–H and O–H groups in total. The van der Waals surface area contributed by atoms with Crippen LogP contribution in [0.15, 0.2) is 24.4 Å². The van der Waals surface area contributed by atoms with Crippen molar-refractivity contribution in [3.63, 3.8) is 0 Å². The first kappa shape index (κ1) is 14.0. The number of anilines is 1. The second-order valence-corrected chi connectivity index (χ2v) is 4.35. The second kappa shape index (κ2) is 5.67. The van der Waals surface area contributed by atoms with Crippen LogP contribution in [0.1, 0.15) is 0 Å². The van der Waals surface area contributed by atoms with Gasteiger partial charge in [-0.15, -0.1) is 12.4 Å². The molecule has 1 aromatic heterocycles. The summed E-state index contributed by atoms with van der Waals surface area (Å²) in [5.41, 5.74) is 1.16. The molecule has 2 aromatic rings. The summed E-state index contributed by atoms with van der Waals surface area (Å²) < 4.78 is 27.1. The maximum Gasteiger partial charge on any atom is 0.137 e. The van der Waals surface area contributed by atoms with Crippen molar-refractivity contribution in [3.05, 3.63) is 36.0 Å². The van der Waals surface area contributed by atoms with Crippen LogP contribution in [0.25, 0.3) is 10.9 Å². The van der Waals surface area contributed by atoms with Gasteiger partial charge in [-0.3, -0.25) is 4.98 Å². The van der Waals surface area contributed by atoms with E-state index in [1.165, 1.54) is 6.07 Å². The highest BCUT2D eigenvalue weighted by Gasteiger charge is 2.16. The summed E-state index contributed by atoms with van der Waals surface area (Å²) in [6, 6.07) is 3.97. The number of aromatic nitrogens is 1. The molecule has 0 amide bonds. The summed E-state index contributed by atoms with van der Waals surface area (Å²) >= 11 is 0. The Morgan fingerprint density at radius 3 is 2.63 bits per heavy atom. The molecule has 0 spiro atoms. The van der Waals surface area contributed by atoms with Crippen molar-refractivity contribution in [2.45, 2.75) is 0 Å². The van der Waals surface area contributed by atoms with Crippen LogP contribution < -0.4 is 10.2 Å². The van der Waals surface area contributed by atoms with E-state index in [9.17, 15) is 8.78 Å². The van der Waals surface area contributed by atoms with Crippen molar-refractivity contribution >= 4 is 29.0 Å². The maximum atomic E-state index is 13.9. The van der Waals surface area contributed by atoms with Crippen molar-refractivity contribution < 1.29 is 8.78 Å². The third-order valence-corrected chi connectivity index (χ3v) is 3.19. The number of rotatable bonds is 1. The molecule has 2 heterocycles. The quantitative estimate of drug-likeness (QED) is 0.872. The summed E-state index contributed by atoms with van der Waals surface area (Å²) in [5, 5.41) is 3.65. The van der Waals surface area contributed by atoms with E-state index >= 15 is 0 Å². The zero-order chi connectivity index (χ0) is 12.5. The molecule has 0 aliphatic carbocycles. The standard InChI is InChI=1S/C13H13F2N3.ClH/c14-9-7-10(15)13-11(8-9)17-2-1-12(13)18-5-3-16-4-6-18;/h1-2,7-8,16H,3-6H2;1H. The molecule has 0 unspecified atom stereocenters. The second-order valence-electron chi connectivity index (χ2n) is 4.35. The van der Waals surface area contributed by atoms with E-state index in [2.05, 4.69) is 15.2 Å². The van der Waals surface area contributed by atoms with E-state index in [4.69, 9.17) is 0 Å². The Morgan fingerprint density at radius 2 is 1.89 bits per heavy atom. The molecule has 1 fully saturated rings. The Balaban J connectivity index is 0.00000133. The molecule has 19 heavy (non-hydrogen) atoms. The third kappa shape index (κ3) is 2.62. The fraction of sp³-hybridized carbons (Fsp3) is 0.308. The van der Waals surface area contributed by atoms with Crippen LogP contribution in [0, 0.1) is 11.6 Å². The van der Waals surface area contributed by atoms with E-state index in [0.717, 1.165) is 37.9 Å². The third-order valence-electron chi connectivity index (χ3n) is 3.19. The lowest BCUT2D eigenvalue weighted by atomic mass is 10.1. The first-order chi connectivity index (χ1) is 8.75. The molecule has 3 rings (SSSR count). The first-order valence-corrected chi connectivity index (χ1v) is 5.95. The summed E-state index contributed by atoms with van der Waals surface area (Å²) in [6.45, 7) is 3.37. The van der Waals surface area contributed by atoms with Crippen LogP contribution in [-0.2, 0) is 0 Å². The summed E-state index contributed by atoms with van der Waals surface area (Å²) in [4.78, 5) is 6.13. The largest absolute Gasteiger partial charge is 0.368 e. The van der Waals surface area contributed by atoms with E-state index in [1.54, 1.807) is 12.3 Å². The Bertz CT molecular complexity index is 585. The predicted molar refractivity (Wildman–Crippen MR) is 74.0 cm³/mol. The fourth-order valence-electron chi connectivity index (χ4n) is 2.36. The van der Waals surface area contributed by atoms with Gasteiger partial charge in [0, 0.05) is 44.5 Å². The molecule has 0 atom stereocenters. The number of nitrogens with one attached hydrogen (secondary N) is 1. The average molecular weight is 286 g/mol. The van der Waals surface area contributed by atoms with Crippen molar-refractivity contribution in [1.29, 1.82) is 0 Å². The van der Waals surface area contributed by atoms with Gasteiger partial charge in [-0.1, -0.05) is 0 Å². The van der Waals surface area contributed by atoms with Crippen molar-refractivity contribution in [2.75, 3.05) is 31.1 Å². The molecule has 0 radical (unpaired) electrons. The zero-order valence-corrected chi connectivity index (χ0v) is 11.0. The van der Waals surface area contributed by atoms with E-state index in [1.807, 2.05) is 0 Å². The van der Waals surface area contributed by atoms with Gasteiger partial charge in [0.1, 0.15) is 11.6 Å². The molecule has 1 aromatic carbocycles. The van der Waals surface area contributed by atoms with Crippen LogP contribution in [-0.4, -0.2) is 31.2 Å². The lowest BCUT2D eigenvalue weighted by Crippen LogP contribution is -2.43. The predicted octanol–water partition coefficient (Wildman–Crippen LogP) is 2.34. The number of piperazine rings is 1. The van der Waals surface area contributed by atoms with Gasteiger partial charge in [-0.25, -0.2) is 8.78 Å². The number of halogens is 3. The minimum Gasteiger partial charge on any atom is -0.368 e. The topological polar surface area (TPSA) is 28.2 Å². The molecule has 1 aliphatic heterocycles. The Labute approximate surface area is 116 Å². The zero-order valence-electron chi connectivity index (χ0n) is 10.2. The van der Waals surface area contributed by atoms with Gasteiger partial charge in [-0.2, -0.15) is 0 Å². The van der Waals surface area contributed by atoms with Gasteiger partial charge in [0.25, 0.3) is 0 Å². The lowest BCUT2D eigenvalue weighted by molar-refractivity contribution is 0.583. The average Bonchev–Trinajstić information content (AvgIpc) is 2.38. The van der Waals surface area contributed by atoms with Gasteiger partial charge in [0.05, 0.1) is 16.6 Å². The molecular formula is C13H14ClF2N3. The minimum absolute atomic E-state index is 0. The lowest BCUT2D eigenvalue weighted by Gasteiger charge is -2.30. The molecule has 0 saturated carbocycles. The monoisotopic (exact) mass is 285 g/mol. The van der Waals surface area contributed by atoms with Crippen LogP contribution in [0.4, 0.5) is 14.5 Å². The highest BCUT2D eigenvalue weighted by Crippen LogP contribution is 2.28. The van der Waals surface area contributed by atoms with E-state index in [0.29, 0.717) is 10.9 Å². The normalized spacial score (nSPS) is 15.4. The highest BCUT2D eigenvalue weighted by molar-refractivity contribution is 5.92. The summed E-state index contributed by atoms with van der Waals surface area (Å²) in [6.07, 6.45) is 1.60.